The summed E-state index contributed by atoms with van der Waals surface area (Å²) in [6.07, 6.45) is 0.236. The van der Waals surface area contributed by atoms with E-state index in [0.29, 0.717) is 6.42 Å². The van der Waals surface area contributed by atoms with Crippen molar-refractivity contribution in [3.63, 3.8) is 0 Å². The summed E-state index contributed by atoms with van der Waals surface area (Å²) in [5.41, 5.74) is 0.833. The minimum Gasteiger partial charge on any atom is -0.496 e. The minimum atomic E-state index is -0.451. The molecule has 0 saturated heterocycles. The first-order valence-corrected chi connectivity index (χ1v) is 4.99. The second-order valence-corrected chi connectivity index (χ2v) is 3.73. The van der Waals surface area contributed by atoms with E-state index in [4.69, 9.17) is 4.74 Å². The molecular weight excluding hydrogens is 232 g/mol. The van der Waals surface area contributed by atoms with Crippen LogP contribution in [0.15, 0.2) is 22.7 Å². The van der Waals surface area contributed by atoms with Gasteiger partial charge in [-0.15, -0.1) is 0 Å². The third-order valence-corrected chi connectivity index (χ3v) is 2.43. The van der Waals surface area contributed by atoms with Crippen molar-refractivity contribution >= 4 is 15.9 Å². The highest BCUT2D eigenvalue weighted by molar-refractivity contribution is 9.10. The molecule has 1 unspecified atom stereocenters. The van der Waals surface area contributed by atoms with E-state index < -0.39 is 6.10 Å². The number of halogens is 1. The lowest BCUT2D eigenvalue weighted by molar-refractivity contribution is 0.169. The van der Waals surface area contributed by atoms with Crippen LogP contribution in [-0.2, 0) is 0 Å². The number of benzene rings is 1. The van der Waals surface area contributed by atoms with Gasteiger partial charge in [-0.3, -0.25) is 0 Å². The molecule has 1 N–H and O–H groups in total. The van der Waals surface area contributed by atoms with Gasteiger partial charge in [-0.2, -0.15) is 0 Å². The van der Waals surface area contributed by atoms with Crippen molar-refractivity contribution < 1.29 is 9.84 Å². The van der Waals surface area contributed by atoms with E-state index in [1.807, 2.05) is 25.1 Å². The van der Waals surface area contributed by atoms with Crippen LogP contribution in [0.25, 0.3) is 0 Å². The first kappa shape index (κ1) is 10.5. The Kier molecular flexibility index (Phi) is 3.75. The highest BCUT2D eigenvalue weighted by Crippen LogP contribution is 2.29. The first-order valence-electron chi connectivity index (χ1n) is 4.20. The number of hydrogen-bond acceptors (Lipinski definition) is 2. The molecule has 0 aromatic heterocycles. The Hall–Kier alpha value is -0.540. The Morgan fingerprint density at radius 1 is 1.54 bits per heavy atom. The number of hydrogen-bond donors (Lipinski definition) is 1. The molecule has 0 aliphatic rings. The lowest BCUT2D eigenvalue weighted by Gasteiger charge is -2.13. The van der Waals surface area contributed by atoms with Crippen LogP contribution in [0.5, 0.6) is 5.75 Å². The van der Waals surface area contributed by atoms with Gasteiger partial charge in [0.1, 0.15) is 5.75 Å². The highest BCUT2D eigenvalue weighted by atomic mass is 79.9. The molecule has 0 amide bonds. The van der Waals surface area contributed by atoms with Gasteiger partial charge >= 0.3 is 0 Å². The zero-order valence-corrected chi connectivity index (χ0v) is 9.34. The fourth-order valence-electron chi connectivity index (χ4n) is 1.19. The first-order chi connectivity index (χ1) is 6.19. The van der Waals surface area contributed by atoms with E-state index in [9.17, 15) is 5.11 Å². The number of methoxy groups -OCH3 is 1. The third kappa shape index (κ3) is 2.45. The Morgan fingerprint density at radius 2 is 2.23 bits per heavy atom. The van der Waals surface area contributed by atoms with E-state index in [0.717, 1.165) is 15.8 Å². The summed E-state index contributed by atoms with van der Waals surface area (Å²) in [4.78, 5) is 0. The summed E-state index contributed by atoms with van der Waals surface area (Å²) >= 11 is 3.36. The number of rotatable bonds is 3. The summed E-state index contributed by atoms with van der Waals surface area (Å²) in [7, 11) is 1.61. The molecule has 0 radical (unpaired) electrons. The average Bonchev–Trinajstić information content (AvgIpc) is 2.16. The monoisotopic (exact) mass is 244 g/mol. The van der Waals surface area contributed by atoms with Gasteiger partial charge < -0.3 is 9.84 Å². The molecule has 2 nitrogen and oxygen atoms in total. The maximum atomic E-state index is 9.66. The maximum absolute atomic E-state index is 9.66. The standard InChI is InChI=1S/C10H13BrO2/c1-3-9(12)8-6-7(11)4-5-10(8)13-2/h4-6,9,12H,3H2,1-2H3. The van der Waals surface area contributed by atoms with Gasteiger partial charge in [0.15, 0.2) is 0 Å². The van der Waals surface area contributed by atoms with Gasteiger partial charge in [-0.25, -0.2) is 0 Å². The van der Waals surface area contributed by atoms with Gasteiger partial charge in [-0.1, -0.05) is 22.9 Å². The largest absolute Gasteiger partial charge is 0.496 e. The van der Waals surface area contributed by atoms with Gasteiger partial charge in [0.25, 0.3) is 0 Å². The Bertz CT molecular complexity index is 286. The fraction of sp³-hybridized carbons (Fsp3) is 0.400. The molecule has 0 aliphatic carbocycles. The van der Waals surface area contributed by atoms with Crippen molar-refractivity contribution in [2.45, 2.75) is 19.4 Å². The predicted octanol–water partition coefficient (Wildman–Crippen LogP) is 2.90. The van der Waals surface area contributed by atoms with Crippen molar-refractivity contribution in [1.29, 1.82) is 0 Å². The molecule has 0 aliphatic heterocycles. The van der Waals surface area contributed by atoms with Crippen LogP contribution in [-0.4, -0.2) is 12.2 Å². The van der Waals surface area contributed by atoms with Crippen LogP contribution in [0.4, 0.5) is 0 Å². The topological polar surface area (TPSA) is 29.5 Å². The lowest BCUT2D eigenvalue weighted by Crippen LogP contribution is -1.98. The molecule has 0 fully saturated rings. The average molecular weight is 245 g/mol. The Balaban J connectivity index is 3.07. The second kappa shape index (κ2) is 4.63. The molecule has 72 valence electrons. The molecule has 13 heavy (non-hydrogen) atoms. The van der Waals surface area contributed by atoms with Gasteiger partial charge in [0, 0.05) is 10.0 Å². The van der Waals surface area contributed by atoms with Crippen LogP contribution >= 0.6 is 15.9 Å². The van der Waals surface area contributed by atoms with Crippen LogP contribution in [0.3, 0.4) is 0 Å². The van der Waals surface area contributed by atoms with Gasteiger partial charge in [-0.05, 0) is 24.6 Å². The van der Waals surface area contributed by atoms with Gasteiger partial charge in [0.05, 0.1) is 13.2 Å². The van der Waals surface area contributed by atoms with Crippen LogP contribution in [0, 0.1) is 0 Å². The molecule has 1 aromatic carbocycles. The lowest BCUT2D eigenvalue weighted by atomic mass is 10.1. The SMILES string of the molecule is CCC(O)c1cc(Br)ccc1OC. The van der Waals surface area contributed by atoms with Crippen molar-refractivity contribution in [2.24, 2.45) is 0 Å². The van der Waals surface area contributed by atoms with E-state index in [1.54, 1.807) is 7.11 Å². The minimum absolute atomic E-state index is 0.451. The predicted molar refractivity (Wildman–Crippen MR) is 55.9 cm³/mol. The highest BCUT2D eigenvalue weighted by Gasteiger charge is 2.11. The van der Waals surface area contributed by atoms with Crippen molar-refractivity contribution in [2.75, 3.05) is 7.11 Å². The van der Waals surface area contributed by atoms with Crippen molar-refractivity contribution in [1.82, 2.24) is 0 Å². The van der Waals surface area contributed by atoms with Gasteiger partial charge in [0.2, 0.25) is 0 Å². The molecular formula is C10H13BrO2. The molecule has 3 heteroatoms. The van der Waals surface area contributed by atoms with Crippen LogP contribution in [0.2, 0.25) is 0 Å². The third-order valence-electron chi connectivity index (χ3n) is 1.94. The number of aliphatic hydroxyl groups excluding tert-OH is 1. The Labute approximate surface area is 86.7 Å². The van der Waals surface area contributed by atoms with E-state index >= 15 is 0 Å². The quantitative estimate of drug-likeness (QED) is 0.887. The molecule has 1 rings (SSSR count). The zero-order chi connectivity index (χ0) is 9.84. The maximum Gasteiger partial charge on any atom is 0.124 e. The fourth-order valence-corrected chi connectivity index (χ4v) is 1.56. The van der Waals surface area contributed by atoms with Crippen LogP contribution in [0.1, 0.15) is 25.0 Å². The molecule has 1 atom stereocenters. The smallest absolute Gasteiger partial charge is 0.124 e. The number of ether oxygens (including phenoxy) is 1. The second-order valence-electron chi connectivity index (χ2n) is 2.81. The molecule has 0 bridgehead atoms. The van der Waals surface area contributed by atoms with Crippen LogP contribution < -0.4 is 4.74 Å². The normalized spacial score (nSPS) is 12.6. The number of aliphatic hydroxyl groups is 1. The van der Waals surface area contributed by atoms with E-state index in [1.165, 1.54) is 0 Å². The van der Waals surface area contributed by atoms with E-state index in [-0.39, 0.29) is 0 Å². The molecule has 0 spiro atoms. The summed E-state index contributed by atoms with van der Waals surface area (Å²) in [5, 5.41) is 9.66. The summed E-state index contributed by atoms with van der Waals surface area (Å²) in [5.74, 6) is 0.734. The van der Waals surface area contributed by atoms with Crippen molar-refractivity contribution in [3.05, 3.63) is 28.2 Å². The van der Waals surface area contributed by atoms with E-state index in [2.05, 4.69) is 15.9 Å². The summed E-state index contributed by atoms with van der Waals surface area (Å²) in [6.45, 7) is 1.94. The Morgan fingerprint density at radius 3 is 2.77 bits per heavy atom. The summed E-state index contributed by atoms with van der Waals surface area (Å²) < 4.78 is 6.10. The van der Waals surface area contributed by atoms with Crippen molar-refractivity contribution in [3.8, 4) is 5.75 Å². The molecule has 1 aromatic rings. The molecule has 0 heterocycles. The summed E-state index contributed by atoms with van der Waals surface area (Å²) in [6, 6.07) is 5.62. The molecule has 0 saturated carbocycles. The zero-order valence-electron chi connectivity index (χ0n) is 7.75.